The maximum absolute atomic E-state index is 13.2. The summed E-state index contributed by atoms with van der Waals surface area (Å²) in [7, 11) is 1.61. The summed E-state index contributed by atoms with van der Waals surface area (Å²) in [5, 5.41) is 7.27. The van der Waals surface area contributed by atoms with Crippen LogP contribution in [0.25, 0.3) is 0 Å². The van der Waals surface area contributed by atoms with Gasteiger partial charge in [-0.1, -0.05) is 0 Å². The summed E-state index contributed by atoms with van der Waals surface area (Å²) in [6.07, 6.45) is 7.12. The van der Waals surface area contributed by atoms with Crippen LogP contribution in [0.5, 0.6) is 0 Å². The van der Waals surface area contributed by atoms with Crippen LogP contribution in [0.2, 0.25) is 0 Å². The van der Waals surface area contributed by atoms with E-state index in [-0.39, 0.29) is 29.8 Å². The molecule has 1 aromatic heterocycles. The Morgan fingerprint density at radius 1 is 1.19 bits per heavy atom. The van der Waals surface area contributed by atoms with Crippen LogP contribution >= 0.6 is 0 Å². The molecule has 150 valence electrons. The van der Waals surface area contributed by atoms with Gasteiger partial charge in [-0.05, 0) is 46.0 Å². The number of rotatable bonds is 5. The van der Waals surface area contributed by atoms with Crippen molar-refractivity contribution in [2.75, 3.05) is 26.8 Å². The molecule has 2 amide bonds. The van der Waals surface area contributed by atoms with Crippen LogP contribution in [0, 0.1) is 0 Å². The minimum atomic E-state index is 0.0945. The van der Waals surface area contributed by atoms with Gasteiger partial charge in [0, 0.05) is 38.2 Å². The highest BCUT2D eigenvalue weighted by Gasteiger charge is 2.34. The molecule has 0 radical (unpaired) electrons. The number of hydrogen-bond acceptors (Lipinski definition) is 4. The molecule has 1 N–H and O–H groups in total. The lowest BCUT2D eigenvalue weighted by Crippen LogP contribution is -2.47. The number of piperidine rings is 2. The highest BCUT2D eigenvalue weighted by Crippen LogP contribution is 2.31. The second-order valence-electron chi connectivity index (χ2n) is 7.94. The second kappa shape index (κ2) is 8.87. The van der Waals surface area contributed by atoms with Gasteiger partial charge in [-0.15, -0.1) is 0 Å². The van der Waals surface area contributed by atoms with Crippen LogP contribution in [0.1, 0.15) is 74.3 Å². The lowest BCUT2D eigenvalue weighted by molar-refractivity contribution is -0.133. The molecule has 1 aromatic rings. The molecule has 0 spiro atoms. The number of aromatic nitrogens is 2. The van der Waals surface area contributed by atoms with E-state index in [9.17, 15) is 9.59 Å². The predicted octanol–water partition coefficient (Wildman–Crippen LogP) is 2.56. The van der Waals surface area contributed by atoms with Crippen molar-refractivity contribution in [1.29, 1.82) is 0 Å². The minimum absolute atomic E-state index is 0.0945. The minimum Gasteiger partial charge on any atom is -0.384 e. The van der Waals surface area contributed by atoms with Crippen LogP contribution in [0.3, 0.4) is 0 Å². The third-order valence-electron chi connectivity index (χ3n) is 6.10. The number of nitrogens with one attached hydrogen (secondary N) is 1. The van der Waals surface area contributed by atoms with Crippen molar-refractivity contribution in [2.24, 2.45) is 0 Å². The Bertz CT molecular complexity index is 641. The Kier molecular flexibility index (Phi) is 6.52. The van der Waals surface area contributed by atoms with E-state index in [0.29, 0.717) is 18.6 Å². The van der Waals surface area contributed by atoms with E-state index >= 15 is 0 Å². The molecule has 0 aliphatic carbocycles. The SMILES string of the molecule is COCCC(=O)N1CCC(c2[nH]ncc2C(=O)N2[C@H](C)CCC[C@@H]2C)CC1. The van der Waals surface area contributed by atoms with Gasteiger partial charge in [0.2, 0.25) is 5.91 Å². The van der Waals surface area contributed by atoms with Gasteiger partial charge in [0.15, 0.2) is 0 Å². The van der Waals surface area contributed by atoms with Crippen molar-refractivity contribution in [1.82, 2.24) is 20.0 Å². The molecule has 2 aliphatic rings. The van der Waals surface area contributed by atoms with E-state index in [4.69, 9.17) is 4.74 Å². The Morgan fingerprint density at radius 2 is 1.85 bits per heavy atom. The molecule has 0 saturated carbocycles. The fourth-order valence-electron chi connectivity index (χ4n) is 4.50. The zero-order valence-electron chi connectivity index (χ0n) is 16.7. The third-order valence-corrected chi connectivity index (χ3v) is 6.10. The molecule has 0 aromatic carbocycles. The van der Waals surface area contributed by atoms with Gasteiger partial charge in [-0.25, -0.2) is 0 Å². The van der Waals surface area contributed by atoms with Gasteiger partial charge in [0.25, 0.3) is 5.91 Å². The van der Waals surface area contributed by atoms with Gasteiger partial charge < -0.3 is 14.5 Å². The number of aromatic amines is 1. The van der Waals surface area contributed by atoms with E-state index in [1.54, 1.807) is 13.3 Å². The average Bonchev–Trinajstić information content (AvgIpc) is 3.16. The van der Waals surface area contributed by atoms with E-state index < -0.39 is 0 Å². The zero-order chi connectivity index (χ0) is 19.4. The summed E-state index contributed by atoms with van der Waals surface area (Å²) in [6.45, 7) is 6.17. The molecule has 0 unspecified atom stereocenters. The fourth-order valence-corrected chi connectivity index (χ4v) is 4.50. The van der Waals surface area contributed by atoms with E-state index in [0.717, 1.165) is 44.5 Å². The largest absolute Gasteiger partial charge is 0.384 e. The van der Waals surface area contributed by atoms with Gasteiger partial charge in [-0.2, -0.15) is 5.10 Å². The van der Waals surface area contributed by atoms with Gasteiger partial charge >= 0.3 is 0 Å². The topological polar surface area (TPSA) is 78.5 Å². The van der Waals surface area contributed by atoms with E-state index in [1.807, 2.05) is 9.80 Å². The second-order valence-corrected chi connectivity index (χ2v) is 7.94. The molecule has 3 rings (SSSR count). The van der Waals surface area contributed by atoms with Crippen LogP contribution in [0.4, 0.5) is 0 Å². The molecule has 7 nitrogen and oxygen atoms in total. The maximum Gasteiger partial charge on any atom is 0.257 e. The summed E-state index contributed by atoms with van der Waals surface area (Å²) in [5.41, 5.74) is 1.65. The third kappa shape index (κ3) is 4.34. The first-order valence-electron chi connectivity index (χ1n) is 10.2. The monoisotopic (exact) mass is 376 g/mol. The summed E-state index contributed by atoms with van der Waals surface area (Å²) >= 11 is 0. The van der Waals surface area contributed by atoms with E-state index in [1.165, 1.54) is 6.42 Å². The Morgan fingerprint density at radius 3 is 2.48 bits per heavy atom. The van der Waals surface area contributed by atoms with Crippen LogP contribution in [0.15, 0.2) is 6.20 Å². The highest BCUT2D eigenvalue weighted by molar-refractivity contribution is 5.95. The first kappa shape index (κ1) is 19.9. The number of hydrogen-bond donors (Lipinski definition) is 1. The molecule has 3 heterocycles. The predicted molar refractivity (Wildman–Crippen MR) is 103 cm³/mol. The van der Waals surface area contributed by atoms with Crippen molar-refractivity contribution in [2.45, 2.75) is 70.4 Å². The van der Waals surface area contributed by atoms with Gasteiger partial charge in [0.05, 0.1) is 30.5 Å². The standard InChI is InChI=1S/C20H32N4O3/c1-14-5-4-6-15(2)24(14)20(26)17-13-21-22-19(17)16-7-10-23(11-8-16)18(25)9-12-27-3/h13-16H,4-12H2,1-3H3,(H,21,22)/t14-,15+. The molecule has 0 bridgehead atoms. The summed E-state index contributed by atoms with van der Waals surface area (Å²) < 4.78 is 5.00. The van der Waals surface area contributed by atoms with Crippen LogP contribution in [-0.4, -0.2) is 70.7 Å². The number of carbonyl (C=O) groups excluding carboxylic acids is 2. The van der Waals surface area contributed by atoms with Crippen molar-refractivity contribution in [3.63, 3.8) is 0 Å². The van der Waals surface area contributed by atoms with Crippen molar-refractivity contribution >= 4 is 11.8 Å². The number of amides is 2. The van der Waals surface area contributed by atoms with Crippen molar-refractivity contribution in [3.8, 4) is 0 Å². The Hall–Kier alpha value is -1.89. The van der Waals surface area contributed by atoms with Crippen molar-refractivity contribution in [3.05, 3.63) is 17.5 Å². The molecule has 2 fully saturated rings. The Balaban J connectivity index is 1.65. The average molecular weight is 377 g/mol. The molecule has 2 atom stereocenters. The lowest BCUT2D eigenvalue weighted by Gasteiger charge is -2.39. The van der Waals surface area contributed by atoms with Gasteiger partial charge in [-0.3, -0.25) is 14.7 Å². The first-order valence-corrected chi connectivity index (χ1v) is 10.2. The maximum atomic E-state index is 13.2. The first-order chi connectivity index (χ1) is 13.0. The molecule has 2 saturated heterocycles. The normalized spacial score (nSPS) is 24.3. The summed E-state index contributed by atoms with van der Waals surface area (Å²) in [4.78, 5) is 29.3. The van der Waals surface area contributed by atoms with Crippen molar-refractivity contribution < 1.29 is 14.3 Å². The smallest absolute Gasteiger partial charge is 0.257 e. The lowest BCUT2D eigenvalue weighted by atomic mass is 9.90. The number of methoxy groups -OCH3 is 1. The number of nitrogens with zero attached hydrogens (tertiary/aromatic N) is 3. The molecule has 7 heteroatoms. The number of H-pyrrole nitrogens is 1. The highest BCUT2D eigenvalue weighted by atomic mass is 16.5. The fraction of sp³-hybridized carbons (Fsp3) is 0.750. The summed E-state index contributed by atoms with van der Waals surface area (Å²) in [5.74, 6) is 0.484. The molecule has 2 aliphatic heterocycles. The van der Waals surface area contributed by atoms with Gasteiger partial charge in [0.1, 0.15) is 0 Å². The van der Waals surface area contributed by atoms with Crippen LogP contribution < -0.4 is 0 Å². The quantitative estimate of drug-likeness (QED) is 0.857. The van der Waals surface area contributed by atoms with E-state index in [2.05, 4.69) is 24.0 Å². The number of likely N-dealkylation sites (tertiary alicyclic amines) is 2. The zero-order valence-corrected chi connectivity index (χ0v) is 16.7. The number of ether oxygens (including phenoxy) is 1. The summed E-state index contributed by atoms with van der Waals surface area (Å²) in [6, 6.07) is 0.536. The Labute approximate surface area is 161 Å². The molecule has 27 heavy (non-hydrogen) atoms. The molecular formula is C20H32N4O3. The van der Waals surface area contributed by atoms with Crippen LogP contribution in [-0.2, 0) is 9.53 Å². The number of carbonyl (C=O) groups is 2. The molecular weight excluding hydrogens is 344 g/mol.